The van der Waals surface area contributed by atoms with E-state index in [1.54, 1.807) is 0 Å². The monoisotopic (exact) mass is 300 g/mol. The fourth-order valence-electron chi connectivity index (χ4n) is 5.31. The number of carbonyl (C=O) groups is 1. The number of fused-ring (bicyclic) bond motifs is 2. The third-order valence-corrected chi connectivity index (χ3v) is 7.89. The molecule has 0 radical (unpaired) electrons. The van der Waals surface area contributed by atoms with E-state index in [0.717, 1.165) is 32.1 Å². The second-order valence-electron chi connectivity index (χ2n) is 7.24. The Bertz CT molecular complexity index is 512. The summed E-state index contributed by atoms with van der Waals surface area (Å²) in [5, 5.41) is 9.56. The quantitative estimate of drug-likeness (QED) is 0.869. The number of rotatable bonds is 3. The van der Waals surface area contributed by atoms with Crippen LogP contribution in [0.2, 0.25) is 0 Å². The van der Waals surface area contributed by atoms with E-state index < -0.39 is 21.2 Å². The molecule has 20 heavy (non-hydrogen) atoms. The lowest BCUT2D eigenvalue weighted by molar-refractivity contribution is -0.158. The molecule has 0 aliphatic heterocycles. The van der Waals surface area contributed by atoms with Crippen LogP contribution in [0.15, 0.2) is 0 Å². The van der Waals surface area contributed by atoms with Crippen molar-refractivity contribution in [3.63, 3.8) is 0 Å². The van der Waals surface area contributed by atoms with Crippen molar-refractivity contribution < 1.29 is 18.3 Å². The van der Waals surface area contributed by atoms with Crippen molar-refractivity contribution in [2.45, 2.75) is 56.6 Å². The van der Waals surface area contributed by atoms with Crippen LogP contribution in [0.5, 0.6) is 0 Å². The van der Waals surface area contributed by atoms with Crippen LogP contribution in [-0.4, -0.2) is 31.0 Å². The number of aliphatic carboxylic acids is 1. The molecule has 0 aromatic heterocycles. The molecule has 0 spiro atoms. The first-order chi connectivity index (χ1) is 9.34. The number of carboxylic acids is 1. The minimum atomic E-state index is -3.05. The van der Waals surface area contributed by atoms with Crippen LogP contribution in [0, 0.1) is 23.2 Å². The minimum Gasteiger partial charge on any atom is -0.481 e. The summed E-state index contributed by atoms with van der Waals surface area (Å²) in [4.78, 5) is 12.0. The zero-order valence-corrected chi connectivity index (χ0v) is 12.9. The molecule has 3 aliphatic rings. The fourth-order valence-corrected chi connectivity index (χ4v) is 6.49. The maximum absolute atomic E-state index is 12.0. The van der Waals surface area contributed by atoms with Crippen molar-refractivity contribution in [2.75, 3.05) is 6.26 Å². The molecule has 3 fully saturated rings. The van der Waals surface area contributed by atoms with Crippen molar-refractivity contribution in [2.24, 2.45) is 23.2 Å². The van der Waals surface area contributed by atoms with E-state index in [-0.39, 0.29) is 17.1 Å². The highest BCUT2D eigenvalue weighted by molar-refractivity contribution is 7.91. The zero-order chi connectivity index (χ0) is 14.5. The molecule has 0 amide bonds. The van der Waals surface area contributed by atoms with Crippen LogP contribution in [0.3, 0.4) is 0 Å². The van der Waals surface area contributed by atoms with E-state index in [4.69, 9.17) is 0 Å². The van der Waals surface area contributed by atoms with E-state index in [1.165, 1.54) is 12.7 Å². The Labute approximate surface area is 120 Å². The molecule has 5 atom stereocenters. The van der Waals surface area contributed by atoms with Gasteiger partial charge in [0.2, 0.25) is 0 Å². The van der Waals surface area contributed by atoms with Gasteiger partial charge in [0, 0.05) is 6.26 Å². The van der Waals surface area contributed by atoms with Gasteiger partial charge in [-0.25, -0.2) is 8.42 Å². The summed E-state index contributed by atoms with van der Waals surface area (Å²) < 4.78 is 23.7. The van der Waals surface area contributed by atoms with Gasteiger partial charge in [-0.05, 0) is 56.3 Å². The van der Waals surface area contributed by atoms with Crippen molar-refractivity contribution in [3.8, 4) is 0 Å². The van der Waals surface area contributed by atoms with Gasteiger partial charge < -0.3 is 5.11 Å². The van der Waals surface area contributed by atoms with Gasteiger partial charge in [0.1, 0.15) is 9.84 Å². The van der Waals surface area contributed by atoms with E-state index in [1.807, 2.05) is 0 Å². The normalized spacial score (nSPS) is 44.6. The summed E-state index contributed by atoms with van der Waals surface area (Å²) in [5.74, 6) is 0.246. The Morgan fingerprint density at radius 1 is 1.10 bits per heavy atom. The molecule has 2 bridgehead atoms. The first-order valence-corrected chi connectivity index (χ1v) is 9.71. The summed E-state index contributed by atoms with van der Waals surface area (Å²) in [6.45, 7) is 0. The van der Waals surface area contributed by atoms with E-state index >= 15 is 0 Å². The Hall–Kier alpha value is -0.580. The predicted octanol–water partition coefficient (Wildman–Crippen LogP) is 2.48. The smallest absolute Gasteiger partial charge is 0.310 e. The van der Waals surface area contributed by atoms with Crippen LogP contribution in [0.1, 0.15) is 51.4 Å². The summed E-state index contributed by atoms with van der Waals surface area (Å²) in [7, 11) is -3.05. The van der Waals surface area contributed by atoms with Gasteiger partial charge in [0.15, 0.2) is 0 Å². The Morgan fingerprint density at radius 2 is 1.80 bits per heavy atom. The minimum absolute atomic E-state index is 0.0591. The van der Waals surface area contributed by atoms with Crippen molar-refractivity contribution in [1.82, 2.24) is 0 Å². The molecule has 3 saturated carbocycles. The zero-order valence-electron chi connectivity index (χ0n) is 12.0. The van der Waals surface area contributed by atoms with Crippen LogP contribution < -0.4 is 0 Å². The molecule has 0 aromatic rings. The molecule has 0 saturated heterocycles. The number of hydrogen-bond acceptors (Lipinski definition) is 3. The highest BCUT2D eigenvalue weighted by Crippen LogP contribution is 2.62. The first-order valence-electron chi connectivity index (χ1n) is 7.76. The summed E-state index contributed by atoms with van der Waals surface area (Å²) >= 11 is 0. The fraction of sp³-hybridized carbons (Fsp3) is 0.933. The van der Waals surface area contributed by atoms with Crippen LogP contribution in [0.4, 0.5) is 0 Å². The molecule has 3 rings (SSSR count). The lowest BCUT2D eigenvalue weighted by atomic mass is 9.61. The van der Waals surface area contributed by atoms with Crippen molar-refractivity contribution in [1.29, 1.82) is 0 Å². The number of sulfone groups is 1. The molecule has 0 aromatic carbocycles. The molecule has 3 aliphatic carbocycles. The summed E-state index contributed by atoms with van der Waals surface area (Å²) in [6.07, 6.45) is 8.34. The molecule has 0 heterocycles. The Kier molecular flexibility index (Phi) is 3.39. The van der Waals surface area contributed by atoms with Crippen molar-refractivity contribution >= 4 is 15.8 Å². The second-order valence-corrected chi connectivity index (χ2v) is 9.57. The third kappa shape index (κ3) is 2.09. The third-order valence-electron chi connectivity index (χ3n) is 6.25. The molecule has 114 valence electrons. The van der Waals surface area contributed by atoms with Gasteiger partial charge in [-0.15, -0.1) is 0 Å². The lowest BCUT2D eigenvalue weighted by Crippen LogP contribution is -2.46. The van der Waals surface area contributed by atoms with Gasteiger partial charge >= 0.3 is 5.97 Å². The Balaban J connectivity index is 1.88. The molecule has 4 nitrogen and oxygen atoms in total. The van der Waals surface area contributed by atoms with Gasteiger partial charge in [0.05, 0.1) is 10.7 Å². The van der Waals surface area contributed by atoms with Gasteiger partial charge in [-0.3, -0.25) is 4.79 Å². The van der Waals surface area contributed by atoms with E-state index in [2.05, 4.69) is 0 Å². The van der Waals surface area contributed by atoms with Crippen LogP contribution in [0.25, 0.3) is 0 Å². The van der Waals surface area contributed by atoms with Crippen LogP contribution >= 0.6 is 0 Å². The maximum atomic E-state index is 12.0. The predicted molar refractivity (Wildman–Crippen MR) is 76.1 cm³/mol. The van der Waals surface area contributed by atoms with Gasteiger partial charge in [-0.2, -0.15) is 0 Å². The Morgan fingerprint density at radius 3 is 2.30 bits per heavy atom. The highest BCUT2D eigenvalue weighted by Gasteiger charge is 2.60. The summed E-state index contributed by atoms with van der Waals surface area (Å²) in [6, 6.07) is 0. The topological polar surface area (TPSA) is 71.4 Å². The number of hydrogen-bond donors (Lipinski definition) is 1. The average molecular weight is 300 g/mol. The summed E-state index contributed by atoms with van der Waals surface area (Å²) in [5.41, 5.74) is -0.619. The first kappa shape index (κ1) is 14.4. The van der Waals surface area contributed by atoms with Crippen LogP contribution in [-0.2, 0) is 14.6 Å². The highest BCUT2D eigenvalue weighted by atomic mass is 32.2. The molecule has 5 unspecified atom stereocenters. The molecular formula is C15H24O4S. The van der Waals surface area contributed by atoms with E-state index in [9.17, 15) is 18.3 Å². The number of carboxylic acid groups (broad SMARTS) is 1. The lowest BCUT2D eigenvalue weighted by Gasteiger charge is -2.44. The SMILES string of the molecule is CS(=O)(=O)C1CCCC(C2(C(=O)O)CC3CCC2C3)C1. The average Bonchev–Trinajstić information content (AvgIpc) is 2.98. The molecular weight excluding hydrogens is 276 g/mol. The molecule has 1 N–H and O–H groups in total. The van der Waals surface area contributed by atoms with E-state index in [0.29, 0.717) is 18.8 Å². The standard InChI is InChI=1S/C15H24O4S/c1-20(18,19)13-4-2-3-11(8-13)15(14(16)17)9-10-5-6-12(15)7-10/h10-13H,2-9H2,1H3,(H,16,17). The van der Waals surface area contributed by atoms with Gasteiger partial charge in [-0.1, -0.05) is 12.8 Å². The van der Waals surface area contributed by atoms with Gasteiger partial charge in [0.25, 0.3) is 0 Å². The van der Waals surface area contributed by atoms with Crippen molar-refractivity contribution in [3.05, 3.63) is 0 Å². The second kappa shape index (κ2) is 4.72. The molecule has 5 heteroatoms. The maximum Gasteiger partial charge on any atom is 0.310 e. The largest absolute Gasteiger partial charge is 0.481 e.